The van der Waals surface area contributed by atoms with Crippen molar-refractivity contribution in [3.8, 4) is 11.1 Å². The average molecular weight is 561 g/mol. The molecule has 10 heteroatoms. The molecule has 0 atom stereocenters. The number of hydrogen-bond acceptors (Lipinski definition) is 5. The summed E-state index contributed by atoms with van der Waals surface area (Å²) in [6, 6.07) is 13.5. The van der Waals surface area contributed by atoms with Crippen molar-refractivity contribution >= 4 is 36.6 Å². The average Bonchev–Trinajstić information content (AvgIpc) is 3.38. The first kappa shape index (κ1) is 28.2. The van der Waals surface area contributed by atoms with Crippen molar-refractivity contribution in [2.24, 2.45) is 4.99 Å². The molecule has 0 radical (unpaired) electrons. The maximum absolute atomic E-state index is 14.2. The van der Waals surface area contributed by atoms with E-state index in [0.29, 0.717) is 5.71 Å². The fourth-order valence-corrected chi connectivity index (χ4v) is 5.24. The molecule has 2 heterocycles. The van der Waals surface area contributed by atoms with Crippen LogP contribution in [0.3, 0.4) is 0 Å². The van der Waals surface area contributed by atoms with Gasteiger partial charge in [-0.15, -0.1) is 0 Å². The third-order valence-electron chi connectivity index (χ3n) is 9.15. The third-order valence-corrected chi connectivity index (χ3v) is 9.15. The van der Waals surface area contributed by atoms with E-state index in [1.54, 1.807) is 0 Å². The van der Waals surface area contributed by atoms with Crippen molar-refractivity contribution in [1.82, 2.24) is 0 Å². The highest BCUT2D eigenvalue weighted by atomic mass is 19.2. The molecule has 0 unspecified atom stereocenters. The van der Waals surface area contributed by atoms with Crippen LogP contribution in [0.5, 0.6) is 0 Å². The van der Waals surface area contributed by atoms with Crippen LogP contribution in [0.1, 0.15) is 66.5 Å². The fraction of sp³-hybridized carbons (Fsp3) is 0.387. The molecule has 2 fully saturated rings. The van der Waals surface area contributed by atoms with Gasteiger partial charge in [0.15, 0.2) is 17.5 Å². The highest BCUT2D eigenvalue weighted by Crippen LogP contribution is 2.41. The quantitative estimate of drug-likeness (QED) is 0.233. The molecular weight excluding hydrogens is 529 g/mol. The number of rotatable bonds is 3. The lowest BCUT2D eigenvalue weighted by Crippen LogP contribution is -2.41. The summed E-state index contributed by atoms with van der Waals surface area (Å²) in [6.07, 6.45) is 0. The van der Waals surface area contributed by atoms with Gasteiger partial charge in [-0.25, -0.2) is 18.2 Å². The van der Waals surface area contributed by atoms with Crippen LogP contribution in [-0.4, -0.2) is 42.4 Å². The standard InChI is InChI=1S/C31H32B2F3NO4/c1-28(2)29(3,4)39-32(38-28)17-9-11-20-21-12-10-18(33-40-30(5,6)31(7,8)41-33)14-23(21)27(22(20)13-17)37-19-15-24(34)26(36)25(35)16-19/h9-16H,1-8H3. The Kier molecular flexibility index (Phi) is 6.22. The van der Waals surface area contributed by atoms with Gasteiger partial charge in [-0.2, -0.15) is 0 Å². The first-order valence-corrected chi connectivity index (χ1v) is 13.7. The highest BCUT2D eigenvalue weighted by Gasteiger charge is 2.53. The van der Waals surface area contributed by atoms with Crippen LogP contribution < -0.4 is 10.9 Å². The lowest BCUT2D eigenvalue weighted by atomic mass is 9.77. The van der Waals surface area contributed by atoms with Gasteiger partial charge in [0.1, 0.15) is 0 Å². The molecule has 0 spiro atoms. The molecule has 0 bridgehead atoms. The zero-order valence-corrected chi connectivity index (χ0v) is 24.5. The molecule has 6 rings (SSSR count). The maximum Gasteiger partial charge on any atom is 0.494 e. The molecule has 2 saturated heterocycles. The van der Waals surface area contributed by atoms with Gasteiger partial charge >= 0.3 is 14.2 Å². The number of aliphatic imine (C=N–C) groups is 1. The monoisotopic (exact) mass is 561 g/mol. The van der Waals surface area contributed by atoms with Gasteiger partial charge in [0.2, 0.25) is 0 Å². The van der Waals surface area contributed by atoms with Gasteiger partial charge in [-0.1, -0.05) is 36.4 Å². The van der Waals surface area contributed by atoms with E-state index in [2.05, 4.69) is 4.99 Å². The van der Waals surface area contributed by atoms with E-state index in [0.717, 1.165) is 45.3 Å². The Morgan fingerprint density at radius 2 is 0.902 bits per heavy atom. The molecule has 3 aromatic rings. The summed E-state index contributed by atoms with van der Waals surface area (Å²) in [5.41, 5.74) is 3.14. The van der Waals surface area contributed by atoms with Crippen LogP contribution in [0.2, 0.25) is 0 Å². The van der Waals surface area contributed by atoms with Crippen molar-refractivity contribution in [3.05, 3.63) is 77.1 Å². The molecular formula is C31H32B2F3NO4. The summed E-state index contributed by atoms with van der Waals surface area (Å²) in [5, 5.41) is 0. The van der Waals surface area contributed by atoms with Gasteiger partial charge in [-0.05, 0) is 77.4 Å². The molecule has 0 aromatic heterocycles. The summed E-state index contributed by atoms with van der Waals surface area (Å²) in [4.78, 5) is 4.66. The third kappa shape index (κ3) is 4.47. The molecule has 41 heavy (non-hydrogen) atoms. The highest BCUT2D eigenvalue weighted by molar-refractivity contribution is 6.63. The van der Waals surface area contributed by atoms with Crippen LogP contribution in [0.4, 0.5) is 18.9 Å². The van der Waals surface area contributed by atoms with Crippen molar-refractivity contribution in [2.75, 3.05) is 0 Å². The lowest BCUT2D eigenvalue weighted by molar-refractivity contribution is 0.00578. The number of fused-ring (bicyclic) bond motifs is 3. The summed E-state index contributed by atoms with van der Waals surface area (Å²) < 4.78 is 67.2. The Bertz CT molecular complexity index is 1480. The molecule has 2 aliphatic heterocycles. The molecule has 0 N–H and O–H groups in total. The normalized spacial score (nSPS) is 21.3. The number of benzene rings is 3. The van der Waals surface area contributed by atoms with Crippen molar-refractivity contribution in [2.45, 2.75) is 77.8 Å². The van der Waals surface area contributed by atoms with Gasteiger partial charge in [0.05, 0.1) is 33.8 Å². The van der Waals surface area contributed by atoms with Crippen LogP contribution >= 0.6 is 0 Å². The van der Waals surface area contributed by atoms with Crippen LogP contribution in [-0.2, 0) is 18.6 Å². The SMILES string of the molecule is CC1(C)OB(c2ccc3c(c2)C(=Nc2cc(F)c(F)c(F)c2)c2cc(B4OC(C)(C)C(C)(C)O4)ccc2-3)OC1(C)C. The number of hydrogen-bond donors (Lipinski definition) is 0. The Morgan fingerprint density at radius 3 is 1.27 bits per heavy atom. The van der Waals surface area contributed by atoms with Gasteiger partial charge in [0.25, 0.3) is 0 Å². The van der Waals surface area contributed by atoms with E-state index in [-0.39, 0.29) is 5.69 Å². The van der Waals surface area contributed by atoms with E-state index in [1.807, 2.05) is 91.8 Å². The molecule has 3 aliphatic rings. The second-order valence-corrected chi connectivity index (χ2v) is 13.0. The Hall–Kier alpha value is -2.91. The molecule has 212 valence electrons. The topological polar surface area (TPSA) is 49.3 Å². The van der Waals surface area contributed by atoms with E-state index < -0.39 is 54.1 Å². The molecule has 0 amide bonds. The second kappa shape index (κ2) is 9.04. The fourth-order valence-electron chi connectivity index (χ4n) is 5.24. The maximum atomic E-state index is 14.2. The van der Waals surface area contributed by atoms with E-state index in [1.165, 1.54) is 0 Å². The van der Waals surface area contributed by atoms with Crippen LogP contribution in [0, 0.1) is 17.5 Å². The number of halogens is 3. The largest absolute Gasteiger partial charge is 0.494 e. The van der Waals surface area contributed by atoms with Gasteiger partial charge in [-0.3, -0.25) is 0 Å². The van der Waals surface area contributed by atoms with Gasteiger partial charge in [0, 0.05) is 23.3 Å². The zero-order valence-electron chi connectivity index (χ0n) is 24.5. The van der Waals surface area contributed by atoms with Crippen LogP contribution in [0.25, 0.3) is 11.1 Å². The lowest BCUT2D eigenvalue weighted by Gasteiger charge is -2.32. The summed E-state index contributed by atoms with van der Waals surface area (Å²) in [7, 11) is -1.23. The summed E-state index contributed by atoms with van der Waals surface area (Å²) >= 11 is 0. The van der Waals surface area contributed by atoms with Gasteiger partial charge < -0.3 is 18.6 Å². The zero-order chi connectivity index (χ0) is 29.7. The van der Waals surface area contributed by atoms with E-state index >= 15 is 0 Å². The summed E-state index contributed by atoms with van der Waals surface area (Å²) in [5.74, 6) is -4.15. The van der Waals surface area contributed by atoms with Crippen molar-refractivity contribution < 1.29 is 31.8 Å². The summed E-state index contributed by atoms with van der Waals surface area (Å²) in [6.45, 7) is 15.9. The Labute approximate surface area is 239 Å². The minimum absolute atomic E-state index is 0.0442. The molecule has 0 saturated carbocycles. The molecule has 3 aromatic carbocycles. The van der Waals surface area contributed by atoms with Crippen molar-refractivity contribution in [1.29, 1.82) is 0 Å². The predicted molar refractivity (Wildman–Crippen MR) is 155 cm³/mol. The Morgan fingerprint density at radius 1 is 0.537 bits per heavy atom. The van der Waals surface area contributed by atoms with Crippen molar-refractivity contribution in [3.63, 3.8) is 0 Å². The van der Waals surface area contributed by atoms with E-state index in [4.69, 9.17) is 18.6 Å². The number of nitrogens with zero attached hydrogens (tertiary/aromatic N) is 1. The minimum atomic E-state index is -1.53. The minimum Gasteiger partial charge on any atom is -0.399 e. The molecule has 1 aliphatic carbocycles. The van der Waals surface area contributed by atoms with E-state index in [9.17, 15) is 13.2 Å². The molecule has 5 nitrogen and oxygen atoms in total. The smallest absolute Gasteiger partial charge is 0.399 e. The van der Waals surface area contributed by atoms with Crippen LogP contribution in [0.15, 0.2) is 53.5 Å². The first-order chi connectivity index (χ1) is 19.0. The first-order valence-electron chi connectivity index (χ1n) is 13.7. The second-order valence-electron chi connectivity index (χ2n) is 13.0. The predicted octanol–water partition coefficient (Wildman–Crippen LogP) is 5.85. The Balaban J connectivity index is 1.48.